The lowest BCUT2D eigenvalue weighted by Gasteiger charge is -2.33. The van der Waals surface area contributed by atoms with Crippen LogP contribution in [0.15, 0.2) is 5.16 Å². The lowest BCUT2D eigenvalue weighted by atomic mass is 10.0. The molecule has 0 aliphatic heterocycles. The number of nitrogens with two attached hydrogens (primary N) is 1. The molecule has 1 atom stereocenters. The molecule has 1 unspecified atom stereocenters. The zero-order valence-corrected chi connectivity index (χ0v) is 10.2. The largest absolute Gasteiger partial charge is 0.409 e. The van der Waals surface area contributed by atoms with E-state index in [1.54, 1.807) is 0 Å². The number of hydrogen-bond donors (Lipinski definition) is 3. The van der Waals surface area contributed by atoms with E-state index in [4.69, 9.17) is 10.9 Å². The predicted octanol–water partition coefficient (Wildman–Crippen LogP) is 0.748. The first-order valence-corrected chi connectivity index (χ1v) is 5.92. The van der Waals surface area contributed by atoms with Gasteiger partial charge in [-0.15, -0.1) is 0 Å². The van der Waals surface area contributed by atoms with E-state index in [1.807, 2.05) is 18.9 Å². The molecular formula is C11H23N3O2. The number of aliphatic hydroxyl groups is 1. The SMILES string of the molecule is CCC(C(N)=NO)N(C)CC1(O)CCCC1. The quantitative estimate of drug-likeness (QED) is 0.281. The van der Waals surface area contributed by atoms with Gasteiger partial charge in [0, 0.05) is 6.54 Å². The standard InChI is InChI=1S/C11H23N3O2/c1-3-9(10(12)13-16)14(2)8-11(15)6-4-5-7-11/h9,15-16H,3-8H2,1-2H3,(H2,12,13). The van der Waals surface area contributed by atoms with Crippen LogP contribution in [0.1, 0.15) is 39.0 Å². The van der Waals surface area contributed by atoms with Gasteiger partial charge in [0.1, 0.15) is 0 Å². The number of rotatable bonds is 5. The van der Waals surface area contributed by atoms with Crippen LogP contribution in [-0.4, -0.2) is 46.3 Å². The van der Waals surface area contributed by atoms with E-state index in [-0.39, 0.29) is 11.9 Å². The Morgan fingerprint density at radius 1 is 1.50 bits per heavy atom. The summed E-state index contributed by atoms with van der Waals surface area (Å²) < 4.78 is 0. The van der Waals surface area contributed by atoms with Crippen LogP contribution in [-0.2, 0) is 0 Å². The van der Waals surface area contributed by atoms with Crippen molar-refractivity contribution in [2.75, 3.05) is 13.6 Å². The Hall–Kier alpha value is -0.810. The third kappa shape index (κ3) is 3.09. The van der Waals surface area contributed by atoms with Gasteiger partial charge in [0.25, 0.3) is 0 Å². The summed E-state index contributed by atoms with van der Waals surface area (Å²) in [5.41, 5.74) is 5.04. The minimum atomic E-state index is -0.585. The number of likely N-dealkylation sites (N-methyl/N-ethyl adjacent to an activating group) is 1. The lowest BCUT2D eigenvalue weighted by Crippen LogP contribution is -2.49. The molecule has 1 fully saturated rings. The van der Waals surface area contributed by atoms with Gasteiger partial charge in [-0.05, 0) is 26.3 Å². The normalized spacial score (nSPS) is 22.6. The van der Waals surface area contributed by atoms with Crippen LogP contribution in [0.5, 0.6) is 0 Å². The zero-order valence-electron chi connectivity index (χ0n) is 10.2. The van der Waals surface area contributed by atoms with Crippen molar-refractivity contribution in [1.29, 1.82) is 0 Å². The molecule has 4 N–H and O–H groups in total. The highest BCUT2D eigenvalue weighted by Gasteiger charge is 2.34. The van der Waals surface area contributed by atoms with Gasteiger partial charge in [-0.25, -0.2) is 0 Å². The van der Waals surface area contributed by atoms with Crippen LogP contribution < -0.4 is 5.73 Å². The summed E-state index contributed by atoms with van der Waals surface area (Å²) in [6.45, 7) is 2.57. The molecule has 0 saturated heterocycles. The minimum Gasteiger partial charge on any atom is -0.409 e. The summed E-state index contributed by atoms with van der Waals surface area (Å²) in [6.07, 6.45) is 4.64. The van der Waals surface area contributed by atoms with Gasteiger partial charge in [-0.1, -0.05) is 24.9 Å². The number of amidine groups is 1. The maximum Gasteiger partial charge on any atom is 0.156 e. The third-order valence-corrected chi connectivity index (χ3v) is 3.45. The van der Waals surface area contributed by atoms with Crippen molar-refractivity contribution in [3.05, 3.63) is 0 Å². The number of nitrogens with zero attached hydrogens (tertiary/aromatic N) is 2. The highest BCUT2D eigenvalue weighted by molar-refractivity contribution is 5.85. The highest BCUT2D eigenvalue weighted by atomic mass is 16.4. The van der Waals surface area contributed by atoms with Crippen LogP contribution in [0.4, 0.5) is 0 Å². The summed E-state index contributed by atoms with van der Waals surface area (Å²) in [5, 5.41) is 22.0. The average Bonchev–Trinajstić information content (AvgIpc) is 2.65. The Labute approximate surface area is 96.9 Å². The van der Waals surface area contributed by atoms with Crippen molar-refractivity contribution in [2.45, 2.75) is 50.7 Å². The molecule has 5 nitrogen and oxygen atoms in total. The molecule has 16 heavy (non-hydrogen) atoms. The van der Waals surface area contributed by atoms with Crippen LogP contribution in [0.3, 0.4) is 0 Å². The maximum absolute atomic E-state index is 10.3. The fraction of sp³-hybridized carbons (Fsp3) is 0.909. The zero-order chi connectivity index (χ0) is 12.2. The van der Waals surface area contributed by atoms with Crippen LogP contribution in [0, 0.1) is 0 Å². The Kier molecular flexibility index (Phi) is 4.56. The molecule has 0 amide bonds. The maximum atomic E-state index is 10.3. The second-order valence-electron chi connectivity index (χ2n) is 4.80. The minimum absolute atomic E-state index is 0.102. The Balaban J connectivity index is 2.58. The van der Waals surface area contributed by atoms with Gasteiger partial charge in [-0.2, -0.15) is 0 Å². The highest BCUT2D eigenvalue weighted by Crippen LogP contribution is 2.30. The van der Waals surface area contributed by atoms with Gasteiger partial charge >= 0.3 is 0 Å². The molecule has 1 aliphatic rings. The van der Waals surface area contributed by atoms with Crippen molar-refractivity contribution in [3.63, 3.8) is 0 Å². The molecular weight excluding hydrogens is 206 g/mol. The molecule has 0 radical (unpaired) electrons. The topological polar surface area (TPSA) is 82.1 Å². The summed E-state index contributed by atoms with van der Waals surface area (Å²) in [7, 11) is 1.91. The predicted molar refractivity (Wildman–Crippen MR) is 63.5 cm³/mol. The molecule has 94 valence electrons. The number of oxime groups is 1. The molecule has 1 rings (SSSR count). The molecule has 0 aromatic rings. The first kappa shape index (κ1) is 13.3. The first-order chi connectivity index (χ1) is 7.52. The van der Waals surface area contributed by atoms with Gasteiger partial charge in [0.2, 0.25) is 0 Å². The summed E-state index contributed by atoms with van der Waals surface area (Å²) >= 11 is 0. The van der Waals surface area contributed by atoms with E-state index < -0.39 is 5.60 Å². The molecule has 0 bridgehead atoms. The molecule has 1 aliphatic carbocycles. The van der Waals surface area contributed by atoms with Crippen LogP contribution >= 0.6 is 0 Å². The molecule has 5 heteroatoms. The monoisotopic (exact) mass is 229 g/mol. The third-order valence-electron chi connectivity index (χ3n) is 3.45. The smallest absolute Gasteiger partial charge is 0.156 e. The van der Waals surface area contributed by atoms with Crippen molar-refractivity contribution in [3.8, 4) is 0 Å². The van der Waals surface area contributed by atoms with Crippen LogP contribution in [0.25, 0.3) is 0 Å². The lowest BCUT2D eigenvalue weighted by molar-refractivity contribution is 0.0112. The average molecular weight is 229 g/mol. The van der Waals surface area contributed by atoms with Crippen molar-refractivity contribution >= 4 is 5.84 Å². The van der Waals surface area contributed by atoms with Crippen molar-refractivity contribution in [1.82, 2.24) is 4.90 Å². The Morgan fingerprint density at radius 2 is 2.06 bits per heavy atom. The van der Waals surface area contributed by atoms with E-state index in [2.05, 4.69) is 5.16 Å². The molecule has 0 heterocycles. The Morgan fingerprint density at radius 3 is 2.50 bits per heavy atom. The fourth-order valence-corrected chi connectivity index (χ4v) is 2.58. The first-order valence-electron chi connectivity index (χ1n) is 5.92. The van der Waals surface area contributed by atoms with Crippen molar-refractivity contribution < 1.29 is 10.3 Å². The molecule has 0 spiro atoms. The summed E-state index contributed by atoms with van der Waals surface area (Å²) in [6, 6.07) is -0.102. The summed E-state index contributed by atoms with van der Waals surface area (Å²) in [4.78, 5) is 1.97. The second kappa shape index (κ2) is 5.50. The van der Waals surface area contributed by atoms with E-state index >= 15 is 0 Å². The molecule has 1 saturated carbocycles. The summed E-state index contributed by atoms with van der Waals surface area (Å²) in [5.74, 6) is 0.214. The van der Waals surface area contributed by atoms with Gasteiger partial charge in [0.15, 0.2) is 5.84 Å². The van der Waals surface area contributed by atoms with E-state index in [0.717, 1.165) is 32.1 Å². The van der Waals surface area contributed by atoms with Gasteiger partial charge in [0.05, 0.1) is 11.6 Å². The molecule has 0 aromatic heterocycles. The Bertz CT molecular complexity index is 250. The second-order valence-corrected chi connectivity index (χ2v) is 4.80. The fourth-order valence-electron chi connectivity index (χ4n) is 2.58. The van der Waals surface area contributed by atoms with E-state index in [9.17, 15) is 5.11 Å². The number of hydrogen-bond acceptors (Lipinski definition) is 4. The van der Waals surface area contributed by atoms with E-state index in [0.29, 0.717) is 6.54 Å². The van der Waals surface area contributed by atoms with Gasteiger partial charge < -0.3 is 16.0 Å². The van der Waals surface area contributed by atoms with Crippen LogP contribution in [0.2, 0.25) is 0 Å². The molecule has 0 aromatic carbocycles. The van der Waals surface area contributed by atoms with Crippen molar-refractivity contribution in [2.24, 2.45) is 10.9 Å². The van der Waals surface area contributed by atoms with E-state index in [1.165, 1.54) is 0 Å². The van der Waals surface area contributed by atoms with Gasteiger partial charge in [-0.3, -0.25) is 4.90 Å².